The highest BCUT2D eigenvalue weighted by molar-refractivity contribution is 7.89. The number of carbonyl (C=O) groups is 1. The zero-order valence-corrected chi connectivity index (χ0v) is 17.1. The molecule has 29 heavy (non-hydrogen) atoms. The summed E-state index contributed by atoms with van der Waals surface area (Å²) in [4.78, 5) is 14.1. The van der Waals surface area contributed by atoms with Crippen LogP contribution < -0.4 is 0 Å². The van der Waals surface area contributed by atoms with Gasteiger partial charge in [0.2, 0.25) is 10.0 Å². The zero-order valence-electron chi connectivity index (χ0n) is 16.2. The molecule has 7 nitrogen and oxygen atoms in total. The molecule has 1 aliphatic rings. The van der Waals surface area contributed by atoms with Crippen LogP contribution in [0.5, 0.6) is 0 Å². The summed E-state index contributed by atoms with van der Waals surface area (Å²) in [5, 5.41) is 8.87. The number of nitrogens with zero attached hydrogens (tertiary/aromatic N) is 3. The molecule has 0 bridgehead atoms. The minimum Gasteiger partial charge on any atom is -0.462 e. The van der Waals surface area contributed by atoms with Crippen LogP contribution in [-0.4, -0.2) is 56.4 Å². The Hall–Kier alpha value is -2.73. The molecule has 1 aliphatic heterocycles. The van der Waals surface area contributed by atoms with Crippen LogP contribution in [-0.2, 0) is 21.3 Å². The normalized spacial score (nSPS) is 15.6. The van der Waals surface area contributed by atoms with Gasteiger partial charge in [0.05, 0.1) is 28.7 Å². The zero-order chi connectivity index (χ0) is 20.9. The highest BCUT2D eigenvalue weighted by Gasteiger charge is 2.28. The first-order valence-electron chi connectivity index (χ1n) is 9.43. The monoisotopic (exact) mass is 413 g/mol. The molecule has 1 saturated heterocycles. The maximum Gasteiger partial charge on any atom is 0.338 e. The van der Waals surface area contributed by atoms with Crippen LogP contribution in [0.3, 0.4) is 0 Å². The molecule has 2 aromatic carbocycles. The van der Waals surface area contributed by atoms with Gasteiger partial charge in [-0.3, -0.25) is 4.90 Å². The topological polar surface area (TPSA) is 90.7 Å². The molecule has 152 valence electrons. The van der Waals surface area contributed by atoms with Gasteiger partial charge in [-0.2, -0.15) is 9.57 Å². The van der Waals surface area contributed by atoms with Crippen molar-refractivity contribution in [1.82, 2.24) is 9.21 Å². The SMILES string of the molecule is CCOC(=O)c1ccc(S(=O)(=O)N2CCN(Cc3ccc(C#N)cc3)CC2)cc1. The summed E-state index contributed by atoms with van der Waals surface area (Å²) >= 11 is 0. The number of hydrogen-bond donors (Lipinski definition) is 0. The van der Waals surface area contributed by atoms with E-state index in [2.05, 4.69) is 11.0 Å². The Bertz CT molecular complexity index is 988. The fraction of sp³-hybridized carbons (Fsp3) is 0.333. The Morgan fingerprint density at radius 2 is 1.66 bits per heavy atom. The number of benzene rings is 2. The van der Waals surface area contributed by atoms with E-state index in [1.807, 2.05) is 12.1 Å². The van der Waals surface area contributed by atoms with Gasteiger partial charge in [-0.25, -0.2) is 13.2 Å². The van der Waals surface area contributed by atoms with Crippen molar-refractivity contribution >= 4 is 16.0 Å². The molecule has 0 aliphatic carbocycles. The Balaban J connectivity index is 1.60. The van der Waals surface area contributed by atoms with Crippen molar-refractivity contribution in [2.75, 3.05) is 32.8 Å². The first-order valence-corrected chi connectivity index (χ1v) is 10.9. The van der Waals surface area contributed by atoms with Crippen molar-refractivity contribution in [3.05, 3.63) is 65.2 Å². The first-order chi connectivity index (χ1) is 13.9. The highest BCUT2D eigenvalue weighted by Crippen LogP contribution is 2.19. The number of piperazine rings is 1. The lowest BCUT2D eigenvalue weighted by molar-refractivity contribution is 0.0526. The second-order valence-electron chi connectivity index (χ2n) is 6.73. The van der Waals surface area contributed by atoms with Crippen LogP contribution in [0.1, 0.15) is 28.4 Å². The molecule has 0 radical (unpaired) electrons. The Morgan fingerprint density at radius 3 is 2.21 bits per heavy atom. The minimum atomic E-state index is -3.60. The number of hydrogen-bond acceptors (Lipinski definition) is 6. The maximum absolute atomic E-state index is 12.9. The van der Waals surface area contributed by atoms with E-state index >= 15 is 0 Å². The van der Waals surface area contributed by atoms with E-state index in [1.165, 1.54) is 28.6 Å². The summed E-state index contributed by atoms with van der Waals surface area (Å²) in [6.45, 7) is 4.76. The lowest BCUT2D eigenvalue weighted by Gasteiger charge is -2.34. The molecule has 0 amide bonds. The lowest BCUT2D eigenvalue weighted by Crippen LogP contribution is -2.48. The van der Waals surface area contributed by atoms with Gasteiger partial charge in [0, 0.05) is 32.7 Å². The number of sulfonamides is 1. The van der Waals surface area contributed by atoms with E-state index in [0.29, 0.717) is 43.9 Å². The predicted octanol–water partition coefficient (Wildman–Crippen LogP) is 2.24. The van der Waals surface area contributed by atoms with Gasteiger partial charge >= 0.3 is 5.97 Å². The van der Waals surface area contributed by atoms with Crippen LogP contribution in [0.4, 0.5) is 0 Å². The summed E-state index contributed by atoms with van der Waals surface area (Å²) in [6, 6.07) is 15.4. The molecule has 1 heterocycles. The Morgan fingerprint density at radius 1 is 1.03 bits per heavy atom. The van der Waals surface area contributed by atoms with Gasteiger partial charge in [-0.1, -0.05) is 12.1 Å². The number of carbonyl (C=O) groups excluding carboxylic acids is 1. The number of esters is 1. The third kappa shape index (κ3) is 5.01. The minimum absolute atomic E-state index is 0.172. The van der Waals surface area contributed by atoms with Crippen molar-refractivity contribution in [1.29, 1.82) is 5.26 Å². The molecule has 0 aromatic heterocycles. The van der Waals surface area contributed by atoms with Gasteiger partial charge < -0.3 is 4.74 Å². The van der Waals surface area contributed by atoms with Crippen LogP contribution in [0.15, 0.2) is 53.4 Å². The Labute approximate surface area is 171 Å². The molecule has 0 atom stereocenters. The second kappa shape index (κ2) is 9.18. The van der Waals surface area contributed by atoms with Gasteiger partial charge in [-0.05, 0) is 48.9 Å². The van der Waals surface area contributed by atoms with Crippen molar-refractivity contribution < 1.29 is 17.9 Å². The van der Waals surface area contributed by atoms with Gasteiger partial charge in [-0.15, -0.1) is 0 Å². The molecular formula is C21H23N3O4S. The largest absolute Gasteiger partial charge is 0.462 e. The fourth-order valence-electron chi connectivity index (χ4n) is 3.20. The van der Waals surface area contributed by atoms with Gasteiger partial charge in [0.25, 0.3) is 0 Å². The molecule has 3 rings (SSSR count). The molecule has 0 spiro atoms. The Kier molecular flexibility index (Phi) is 6.64. The van der Waals surface area contributed by atoms with Crippen LogP contribution in [0, 0.1) is 11.3 Å². The summed E-state index contributed by atoms with van der Waals surface area (Å²) in [7, 11) is -3.60. The number of nitriles is 1. The maximum atomic E-state index is 12.9. The van der Waals surface area contributed by atoms with Crippen molar-refractivity contribution in [2.24, 2.45) is 0 Å². The van der Waals surface area contributed by atoms with Crippen molar-refractivity contribution in [3.8, 4) is 6.07 Å². The summed E-state index contributed by atoms with van der Waals surface area (Å²) in [6.07, 6.45) is 0. The van der Waals surface area contributed by atoms with Crippen molar-refractivity contribution in [3.63, 3.8) is 0 Å². The fourth-order valence-corrected chi connectivity index (χ4v) is 4.62. The standard InChI is InChI=1S/C21H23N3O4S/c1-2-28-21(25)19-7-9-20(10-8-19)29(26,27)24-13-11-23(12-14-24)16-18-5-3-17(15-22)4-6-18/h3-10H,2,11-14,16H2,1H3. The molecule has 1 fully saturated rings. The predicted molar refractivity (Wildman–Crippen MR) is 108 cm³/mol. The third-order valence-corrected chi connectivity index (χ3v) is 6.74. The average molecular weight is 413 g/mol. The number of rotatable bonds is 6. The molecule has 0 unspecified atom stereocenters. The van der Waals surface area contributed by atoms with E-state index in [4.69, 9.17) is 10.00 Å². The molecule has 2 aromatic rings. The van der Waals surface area contributed by atoms with Crippen LogP contribution in [0.2, 0.25) is 0 Å². The van der Waals surface area contributed by atoms with Crippen LogP contribution >= 0.6 is 0 Å². The van der Waals surface area contributed by atoms with E-state index in [1.54, 1.807) is 19.1 Å². The highest BCUT2D eigenvalue weighted by atomic mass is 32.2. The number of ether oxygens (including phenoxy) is 1. The molecule has 0 N–H and O–H groups in total. The van der Waals surface area contributed by atoms with Crippen LogP contribution in [0.25, 0.3) is 0 Å². The second-order valence-corrected chi connectivity index (χ2v) is 8.67. The van der Waals surface area contributed by atoms with E-state index in [9.17, 15) is 13.2 Å². The summed E-state index contributed by atoms with van der Waals surface area (Å²) < 4.78 is 32.2. The molecule has 0 saturated carbocycles. The van der Waals surface area contributed by atoms with Crippen molar-refractivity contribution in [2.45, 2.75) is 18.4 Å². The summed E-state index contributed by atoms with van der Waals surface area (Å²) in [5.41, 5.74) is 2.05. The molecular weight excluding hydrogens is 390 g/mol. The lowest BCUT2D eigenvalue weighted by atomic mass is 10.1. The van der Waals surface area contributed by atoms with Gasteiger partial charge in [0.1, 0.15) is 0 Å². The molecule has 8 heteroatoms. The van der Waals surface area contributed by atoms with E-state index in [0.717, 1.165) is 5.56 Å². The van der Waals surface area contributed by atoms with Gasteiger partial charge in [0.15, 0.2) is 0 Å². The quantitative estimate of drug-likeness (QED) is 0.675. The smallest absolute Gasteiger partial charge is 0.338 e. The van der Waals surface area contributed by atoms with E-state index in [-0.39, 0.29) is 11.5 Å². The summed E-state index contributed by atoms with van der Waals surface area (Å²) in [5.74, 6) is -0.465. The third-order valence-electron chi connectivity index (χ3n) is 4.82. The van der Waals surface area contributed by atoms with E-state index < -0.39 is 16.0 Å². The average Bonchev–Trinajstić information content (AvgIpc) is 2.75. The first kappa shape index (κ1) is 21.0.